The number of thioether (sulfide) groups is 1. The first-order valence-corrected chi connectivity index (χ1v) is 11.2. The molecule has 1 fully saturated rings. The Morgan fingerprint density at radius 1 is 1.12 bits per heavy atom. The van der Waals surface area contributed by atoms with Gasteiger partial charge in [-0.25, -0.2) is 0 Å². The maximum absolute atomic E-state index is 12.7. The van der Waals surface area contributed by atoms with E-state index in [2.05, 4.69) is 10.9 Å². The van der Waals surface area contributed by atoms with E-state index in [1.54, 1.807) is 24.3 Å². The molecule has 0 atom stereocenters. The molecular weight excluding hydrogens is 446 g/mol. The van der Waals surface area contributed by atoms with Gasteiger partial charge in [-0.1, -0.05) is 65.9 Å². The lowest BCUT2D eigenvalue weighted by molar-refractivity contribution is -0.124. The van der Waals surface area contributed by atoms with Crippen LogP contribution in [0, 0.1) is 6.92 Å². The van der Waals surface area contributed by atoms with Gasteiger partial charge in [0.1, 0.15) is 10.1 Å². The molecule has 0 spiro atoms. The van der Waals surface area contributed by atoms with Crippen LogP contribution in [0.4, 0.5) is 0 Å². The average molecular weight is 470 g/mol. The van der Waals surface area contributed by atoms with Gasteiger partial charge in [0.05, 0.1) is 17.6 Å². The quantitative estimate of drug-likeness (QED) is 0.367. The van der Waals surface area contributed by atoms with Crippen LogP contribution in [0.2, 0.25) is 0 Å². The third kappa shape index (κ3) is 5.95. The number of carbonyl (C=O) groups excluding carboxylic acids is 3. The van der Waals surface area contributed by atoms with Crippen molar-refractivity contribution in [3.8, 4) is 5.75 Å². The van der Waals surface area contributed by atoms with E-state index in [1.807, 2.05) is 37.3 Å². The molecule has 0 saturated carbocycles. The molecule has 7 nitrogen and oxygen atoms in total. The predicted octanol–water partition coefficient (Wildman–Crippen LogP) is 3.45. The molecule has 1 aliphatic rings. The van der Waals surface area contributed by atoms with E-state index in [9.17, 15) is 14.4 Å². The lowest BCUT2D eigenvalue weighted by atomic mass is 10.1. The second-order valence-electron chi connectivity index (χ2n) is 7.05. The van der Waals surface area contributed by atoms with Crippen molar-refractivity contribution in [1.82, 2.24) is 15.8 Å². The summed E-state index contributed by atoms with van der Waals surface area (Å²) in [4.78, 5) is 39.0. The Hall–Kier alpha value is -3.17. The van der Waals surface area contributed by atoms with Gasteiger partial charge in [-0.3, -0.25) is 30.1 Å². The van der Waals surface area contributed by atoms with E-state index in [-0.39, 0.29) is 18.2 Å². The van der Waals surface area contributed by atoms with Crippen LogP contribution in [0.5, 0.6) is 5.75 Å². The summed E-state index contributed by atoms with van der Waals surface area (Å²) in [6.07, 6.45) is 2.35. The zero-order valence-corrected chi connectivity index (χ0v) is 19.3. The highest BCUT2D eigenvalue weighted by atomic mass is 32.2. The predicted molar refractivity (Wildman–Crippen MR) is 129 cm³/mol. The summed E-state index contributed by atoms with van der Waals surface area (Å²) in [5.41, 5.74) is 7.14. The van der Waals surface area contributed by atoms with Crippen molar-refractivity contribution in [2.24, 2.45) is 0 Å². The molecule has 0 radical (unpaired) electrons. The first-order chi connectivity index (χ1) is 15.4. The van der Waals surface area contributed by atoms with E-state index in [4.69, 9.17) is 17.0 Å². The van der Waals surface area contributed by atoms with Gasteiger partial charge in [0, 0.05) is 13.0 Å². The van der Waals surface area contributed by atoms with Gasteiger partial charge in [0.2, 0.25) is 5.91 Å². The second-order valence-corrected chi connectivity index (χ2v) is 8.73. The van der Waals surface area contributed by atoms with Crippen LogP contribution in [-0.4, -0.2) is 40.6 Å². The number of nitrogens with zero attached hydrogens (tertiary/aromatic N) is 1. The van der Waals surface area contributed by atoms with E-state index < -0.39 is 5.91 Å². The van der Waals surface area contributed by atoms with E-state index in [0.29, 0.717) is 33.5 Å². The molecule has 0 bridgehead atoms. The second kappa shape index (κ2) is 10.9. The van der Waals surface area contributed by atoms with Crippen molar-refractivity contribution in [3.05, 3.63) is 70.1 Å². The summed E-state index contributed by atoms with van der Waals surface area (Å²) in [6, 6.07) is 14.6. The number of benzene rings is 2. The van der Waals surface area contributed by atoms with Gasteiger partial charge >= 0.3 is 0 Å². The molecular formula is C23H23N3O4S2. The molecule has 166 valence electrons. The standard InChI is InChI=1S/C23H23N3O4S2/c1-15-9-11-16(12-10-15)14-19-22(29)26(23(31)32-19)13-5-8-20(27)24-25-21(28)17-6-3-4-7-18(17)30-2/h3-4,6-7,9-12,14H,5,8,13H2,1-2H3,(H,24,27)(H,25,28)/b19-14+. The molecule has 32 heavy (non-hydrogen) atoms. The van der Waals surface area contributed by atoms with Crippen LogP contribution >= 0.6 is 24.0 Å². The molecule has 1 heterocycles. The number of methoxy groups -OCH3 is 1. The SMILES string of the molecule is COc1ccccc1C(=O)NNC(=O)CCCN1C(=O)/C(=C\c2ccc(C)cc2)SC1=S. The van der Waals surface area contributed by atoms with Crippen molar-refractivity contribution < 1.29 is 19.1 Å². The van der Waals surface area contributed by atoms with Gasteiger partial charge in [-0.2, -0.15) is 0 Å². The number of aryl methyl sites for hydroxylation is 1. The van der Waals surface area contributed by atoms with E-state index in [0.717, 1.165) is 11.1 Å². The molecule has 2 aromatic carbocycles. The Bertz CT molecular complexity index is 1070. The van der Waals surface area contributed by atoms with Crippen molar-refractivity contribution in [3.63, 3.8) is 0 Å². The Balaban J connectivity index is 1.47. The van der Waals surface area contributed by atoms with Crippen molar-refractivity contribution >= 4 is 52.1 Å². The number of nitrogens with one attached hydrogen (secondary N) is 2. The third-order valence-corrected chi connectivity index (χ3v) is 6.08. The number of rotatable bonds is 7. The highest BCUT2D eigenvalue weighted by molar-refractivity contribution is 8.26. The van der Waals surface area contributed by atoms with Gasteiger partial charge < -0.3 is 4.74 Å². The third-order valence-electron chi connectivity index (χ3n) is 4.70. The summed E-state index contributed by atoms with van der Waals surface area (Å²) >= 11 is 6.59. The molecule has 0 aromatic heterocycles. The first-order valence-electron chi connectivity index (χ1n) is 9.93. The van der Waals surface area contributed by atoms with Crippen LogP contribution in [0.25, 0.3) is 6.08 Å². The number of hydrogen-bond donors (Lipinski definition) is 2. The fraction of sp³-hybridized carbons (Fsp3) is 0.217. The minimum atomic E-state index is -0.478. The summed E-state index contributed by atoms with van der Waals surface area (Å²) in [6.45, 7) is 2.33. The lowest BCUT2D eigenvalue weighted by Gasteiger charge is -2.14. The van der Waals surface area contributed by atoms with Gasteiger partial charge in [-0.05, 0) is 37.1 Å². The molecule has 1 saturated heterocycles. The molecule has 3 rings (SSSR count). The van der Waals surface area contributed by atoms with Crippen LogP contribution in [0.15, 0.2) is 53.4 Å². The highest BCUT2D eigenvalue weighted by Gasteiger charge is 2.31. The summed E-state index contributed by atoms with van der Waals surface area (Å²) in [5.74, 6) is -0.597. The molecule has 9 heteroatoms. The smallest absolute Gasteiger partial charge is 0.273 e. The summed E-state index contributed by atoms with van der Waals surface area (Å²) < 4.78 is 5.61. The number of hydrazine groups is 1. The zero-order chi connectivity index (χ0) is 23.1. The molecule has 1 aliphatic heterocycles. The first kappa shape index (κ1) is 23.5. The molecule has 0 unspecified atom stereocenters. The number of hydrogen-bond acceptors (Lipinski definition) is 6. The molecule has 0 aliphatic carbocycles. The Labute approximate surface area is 196 Å². The fourth-order valence-corrected chi connectivity index (χ4v) is 4.30. The zero-order valence-electron chi connectivity index (χ0n) is 17.7. The van der Waals surface area contributed by atoms with Crippen molar-refractivity contribution in [2.45, 2.75) is 19.8 Å². The average Bonchev–Trinajstić information content (AvgIpc) is 3.06. The van der Waals surface area contributed by atoms with Crippen molar-refractivity contribution in [2.75, 3.05) is 13.7 Å². The number of para-hydroxylation sites is 1. The van der Waals surface area contributed by atoms with Crippen LogP contribution in [0.3, 0.4) is 0 Å². The molecule has 3 amide bonds. The number of thiocarbonyl (C=S) groups is 1. The number of amides is 3. The van der Waals surface area contributed by atoms with Crippen molar-refractivity contribution in [1.29, 1.82) is 0 Å². The molecule has 2 N–H and O–H groups in total. The Kier molecular flexibility index (Phi) is 8.02. The van der Waals surface area contributed by atoms with E-state index in [1.165, 1.54) is 23.8 Å². The van der Waals surface area contributed by atoms with Crippen LogP contribution in [0.1, 0.15) is 34.3 Å². The maximum atomic E-state index is 12.7. The molecule has 2 aromatic rings. The number of carbonyl (C=O) groups is 3. The van der Waals surface area contributed by atoms with Crippen LogP contribution < -0.4 is 15.6 Å². The normalized spacial score (nSPS) is 14.6. The number of ether oxygens (including phenoxy) is 1. The summed E-state index contributed by atoms with van der Waals surface area (Å²) in [7, 11) is 1.47. The lowest BCUT2D eigenvalue weighted by Crippen LogP contribution is -2.42. The fourth-order valence-electron chi connectivity index (χ4n) is 2.99. The topological polar surface area (TPSA) is 87.7 Å². The van der Waals surface area contributed by atoms with Gasteiger partial charge in [-0.15, -0.1) is 0 Å². The highest BCUT2D eigenvalue weighted by Crippen LogP contribution is 2.32. The minimum Gasteiger partial charge on any atom is -0.496 e. The Morgan fingerprint density at radius 3 is 2.56 bits per heavy atom. The van der Waals surface area contributed by atoms with Gasteiger partial charge in [0.15, 0.2) is 0 Å². The maximum Gasteiger partial charge on any atom is 0.273 e. The minimum absolute atomic E-state index is 0.125. The summed E-state index contributed by atoms with van der Waals surface area (Å²) in [5, 5.41) is 0. The monoisotopic (exact) mass is 469 g/mol. The van der Waals surface area contributed by atoms with E-state index >= 15 is 0 Å². The Morgan fingerprint density at radius 2 is 1.84 bits per heavy atom. The largest absolute Gasteiger partial charge is 0.496 e. The van der Waals surface area contributed by atoms with Crippen LogP contribution in [-0.2, 0) is 9.59 Å². The van der Waals surface area contributed by atoms with Gasteiger partial charge in [0.25, 0.3) is 11.8 Å².